The van der Waals surface area contributed by atoms with Crippen LogP contribution in [0.15, 0.2) is 30.3 Å². The van der Waals surface area contributed by atoms with Crippen LogP contribution in [0.25, 0.3) is 0 Å². The van der Waals surface area contributed by atoms with Crippen LogP contribution in [-0.4, -0.2) is 30.6 Å². The van der Waals surface area contributed by atoms with Crippen molar-refractivity contribution < 1.29 is 13.5 Å². The molecule has 0 aliphatic heterocycles. The molecule has 0 amide bonds. The highest BCUT2D eigenvalue weighted by Crippen LogP contribution is 2.19. The van der Waals surface area contributed by atoms with Gasteiger partial charge in [0.1, 0.15) is 9.84 Å². The number of hydrogen-bond donors (Lipinski definition) is 1. The van der Waals surface area contributed by atoms with Crippen LogP contribution in [0.5, 0.6) is 0 Å². The molecule has 0 saturated carbocycles. The van der Waals surface area contributed by atoms with E-state index in [-0.39, 0.29) is 11.5 Å². The number of aliphatic hydroxyl groups is 1. The molecule has 0 bridgehead atoms. The van der Waals surface area contributed by atoms with Gasteiger partial charge in [-0.1, -0.05) is 37.3 Å². The fourth-order valence-corrected chi connectivity index (χ4v) is 2.81. The van der Waals surface area contributed by atoms with E-state index < -0.39 is 15.4 Å². The van der Waals surface area contributed by atoms with Gasteiger partial charge in [-0.3, -0.25) is 0 Å². The first-order chi connectivity index (χ1) is 8.35. The first kappa shape index (κ1) is 15.2. The third-order valence-corrected chi connectivity index (χ3v) is 4.83. The summed E-state index contributed by atoms with van der Waals surface area (Å²) in [4.78, 5) is 0. The summed E-state index contributed by atoms with van der Waals surface area (Å²) in [6, 6.07) is 9.75. The summed E-state index contributed by atoms with van der Waals surface area (Å²) < 4.78 is 22.7. The molecule has 1 atom stereocenters. The van der Waals surface area contributed by atoms with Gasteiger partial charge in [-0.25, -0.2) is 8.42 Å². The van der Waals surface area contributed by atoms with E-state index in [0.29, 0.717) is 19.3 Å². The molecule has 0 aliphatic carbocycles. The highest BCUT2D eigenvalue weighted by atomic mass is 32.2. The predicted octanol–water partition coefficient (Wildman–Crippen LogP) is 2.20. The average molecular weight is 270 g/mol. The monoisotopic (exact) mass is 270 g/mol. The van der Waals surface area contributed by atoms with Gasteiger partial charge >= 0.3 is 0 Å². The van der Waals surface area contributed by atoms with Crippen molar-refractivity contribution in [3.8, 4) is 0 Å². The number of hydrogen-bond acceptors (Lipinski definition) is 3. The molecule has 1 unspecified atom stereocenters. The van der Waals surface area contributed by atoms with E-state index >= 15 is 0 Å². The van der Waals surface area contributed by atoms with E-state index in [4.69, 9.17) is 0 Å². The average Bonchev–Trinajstić information content (AvgIpc) is 2.29. The first-order valence-corrected chi connectivity index (χ1v) is 8.13. The van der Waals surface area contributed by atoms with Crippen LogP contribution in [-0.2, 0) is 16.3 Å². The Hall–Kier alpha value is -0.870. The fourth-order valence-electron chi connectivity index (χ4n) is 1.94. The van der Waals surface area contributed by atoms with Crippen molar-refractivity contribution in [1.82, 2.24) is 0 Å². The molecular weight excluding hydrogens is 248 g/mol. The van der Waals surface area contributed by atoms with Gasteiger partial charge in [0, 0.05) is 12.2 Å². The van der Waals surface area contributed by atoms with Crippen LogP contribution in [0.3, 0.4) is 0 Å². The summed E-state index contributed by atoms with van der Waals surface area (Å²) in [6.07, 6.45) is 1.57. The van der Waals surface area contributed by atoms with Crippen LogP contribution in [0, 0.1) is 0 Å². The van der Waals surface area contributed by atoms with Gasteiger partial charge in [0.25, 0.3) is 0 Å². The molecule has 0 aliphatic rings. The van der Waals surface area contributed by atoms with Gasteiger partial charge in [0.05, 0.1) is 11.4 Å². The summed E-state index contributed by atoms with van der Waals surface area (Å²) in [5, 5.41) is 10.2. The zero-order valence-corrected chi connectivity index (χ0v) is 11.9. The Morgan fingerprint density at radius 3 is 2.39 bits per heavy atom. The third kappa shape index (κ3) is 5.65. The highest BCUT2D eigenvalue weighted by molar-refractivity contribution is 7.91. The minimum atomic E-state index is -2.93. The van der Waals surface area contributed by atoms with Gasteiger partial charge in [0.15, 0.2) is 0 Å². The number of rotatable bonds is 7. The Bertz CT molecular complexity index is 449. The van der Waals surface area contributed by atoms with Gasteiger partial charge in [-0.15, -0.1) is 0 Å². The van der Waals surface area contributed by atoms with Crippen molar-refractivity contribution in [3.63, 3.8) is 0 Å². The minimum absolute atomic E-state index is 0.161. The largest absolute Gasteiger partial charge is 0.390 e. The molecule has 0 heterocycles. The lowest BCUT2D eigenvalue weighted by Gasteiger charge is -2.23. The molecular formula is C14H22O3S. The van der Waals surface area contributed by atoms with E-state index in [1.54, 1.807) is 13.8 Å². The molecule has 102 valence electrons. The SMILES string of the molecule is CCS(=O)(=O)CCCC(C)(O)Cc1ccccc1. The summed E-state index contributed by atoms with van der Waals surface area (Å²) in [5.74, 6) is 0.336. The zero-order valence-electron chi connectivity index (χ0n) is 11.1. The Morgan fingerprint density at radius 1 is 1.22 bits per heavy atom. The Morgan fingerprint density at radius 2 is 1.83 bits per heavy atom. The van der Waals surface area contributed by atoms with E-state index in [0.717, 1.165) is 5.56 Å². The van der Waals surface area contributed by atoms with E-state index in [1.807, 2.05) is 30.3 Å². The van der Waals surface area contributed by atoms with Crippen molar-refractivity contribution in [2.24, 2.45) is 0 Å². The van der Waals surface area contributed by atoms with Crippen LogP contribution < -0.4 is 0 Å². The molecule has 0 fully saturated rings. The second kappa shape index (κ2) is 6.34. The third-order valence-electron chi connectivity index (χ3n) is 3.04. The smallest absolute Gasteiger partial charge is 0.150 e. The van der Waals surface area contributed by atoms with Crippen molar-refractivity contribution in [2.75, 3.05) is 11.5 Å². The van der Waals surface area contributed by atoms with E-state index in [2.05, 4.69) is 0 Å². The summed E-state index contributed by atoms with van der Waals surface area (Å²) >= 11 is 0. The second-order valence-electron chi connectivity index (χ2n) is 5.00. The quantitative estimate of drug-likeness (QED) is 0.826. The molecule has 1 aromatic rings. The summed E-state index contributed by atoms with van der Waals surface area (Å²) in [7, 11) is -2.93. The van der Waals surface area contributed by atoms with Crippen molar-refractivity contribution in [2.45, 2.75) is 38.7 Å². The molecule has 18 heavy (non-hydrogen) atoms. The highest BCUT2D eigenvalue weighted by Gasteiger charge is 2.21. The maximum absolute atomic E-state index is 11.4. The lowest BCUT2D eigenvalue weighted by Crippen LogP contribution is -2.28. The molecule has 0 saturated heterocycles. The van der Waals surface area contributed by atoms with Gasteiger partial charge < -0.3 is 5.11 Å². The van der Waals surface area contributed by atoms with E-state index in [9.17, 15) is 13.5 Å². The van der Waals surface area contributed by atoms with Gasteiger partial charge in [-0.2, -0.15) is 0 Å². The number of sulfone groups is 1. The maximum Gasteiger partial charge on any atom is 0.150 e. The van der Waals surface area contributed by atoms with E-state index in [1.165, 1.54) is 0 Å². The van der Waals surface area contributed by atoms with Crippen LogP contribution >= 0.6 is 0 Å². The molecule has 0 radical (unpaired) electrons. The Kier molecular flexibility index (Phi) is 5.35. The maximum atomic E-state index is 11.4. The van der Waals surface area contributed by atoms with Crippen LogP contribution in [0.2, 0.25) is 0 Å². The summed E-state index contributed by atoms with van der Waals surface area (Å²) in [5.41, 5.74) is 0.228. The topological polar surface area (TPSA) is 54.4 Å². The minimum Gasteiger partial charge on any atom is -0.390 e. The molecule has 1 N–H and O–H groups in total. The lowest BCUT2D eigenvalue weighted by molar-refractivity contribution is 0.0508. The normalized spacial score (nSPS) is 15.3. The van der Waals surface area contributed by atoms with Crippen LogP contribution in [0.1, 0.15) is 32.3 Å². The standard InChI is InChI=1S/C14H22O3S/c1-3-18(16,17)11-7-10-14(2,15)12-13-8-5-4-6-9-13/h4-6,8-9,15H,3,7,10-12H2,1-2H3. The van der Waals surface area contributed by atoms with Gasteiger partial charge in [0.2, 0.25) is 0 Å². The molecule has 3 nitrogen and oxygen atoms in total. The molecule has 4 heteroatoms. The second-order valence-corrected chi connectivity index (χ2v) is 7.47. The number of benzene rings is 1. The zero-order chi connectivity index (χ0) is 13.6. The van der Waals surface area contributed by atoms with Crippen molar-refractivity contribution >= 4 is 9.84 Å². The Balaban J connectivity index is 2.46. The molecule has 0 aromatic heterocycles. The Labute approximate surface area is 110 Å². The predicted molar refractivity (Wildman–Crippen MR) is 74.3 cm³/mol. The lowest BCUT2D eigenvalue weighted by atomic mass is 9.92. The molecule has 1 aromatic carbocycles. The first-order valence-electron chi connectivity index (χ1n) is 6.31. The molecule has 1 rings (SSSR count). The van der Waals surface area contributed by atoms with Crippen molar-refractivity contribution in [3.05, 3.63) is 35.9 Å². The van der Waals surface area contributed by atoms with Crippen molar-refractivity contribution in [1.29, 1.82) is 0 Å². The summed E-state index contributed by atoms with van der Waals surface area (Å²) in [6.45, 7) is 3.41. The van der Waals surface area contributed by atoms with Gasteiger partial charge in [-0.05, 0) is 25.3 Å². The fraction of sp³-hybridized carbons (Fsp3) is 0.571. The van der Waals surface area contributed by atoms with Crippen LogP contribution in [0.4, 0.5) is 0 Å². The molecule has 0 spiro atoms.